The monoisotopic (exact) mass is 237 g/mol. The van der Waals surface area contributed by atoms with Gasteiger partial charge in [0.1, 0.15) is 5.82 Å². The summed E-state index contributed by atoms with van der Waals surface area (Å²) < 4.78 is 24.9. The normalized spacial score (nSPS) is 20.8. The molecule has 92 valence electrons. The fraction of sp³-hybridized carbons (Fsp3) is 0.538. The highest BCUT2D eigenvalue weighted by Gasteiger charge is 2.41. The Morgan fingerprint density at radius 1 is 1.24 bits per heavy atom. The lowest BCUT2D eigenvalue weighted by molar-refractivity contribution is 0.171. The summed E-state index contributed by atoms with van der Waals surface area (Å²) in [4.78, 5) is 0. The largest absolute Gasteiger partial charge is 0.454 e. The minimum atomic E-state index is -0.261. The summed E-state index contributed by atoms with van der Waals surface area (Å²) in [6.45, 7) is 0.635. The zero-order valence-corrected chi connectivity index (χ0v) is 9.67. The predicted octanol–water partition coefficient (Wildman–Crippen LogP) is 2.32. The van der Waals surface area contributed by atoms with Gasteiger partial charge in [-0.1, -0.05) is 12.8 Å². The number of rotatable bonds is 2. The molecule has 17 heavy (non-hydrogen) atoms. The molecule has 2 N–H and O–H groups in total. The van der Waals surface area contributed by atoms with Gasteiger partial charge < -0.3 is 15.2 Å². The van der Waals surface area contributed by atoms with Crippen LogP contribution in [0.1, 0.15) is 31.2 Å². The minimum absolute atomic E-state index is 0.173. The van der Waals surface area contributed by atoms with Crippen LogP contribution in [0, 0.1) is 5.82 Å². The van der Waals surface area contributed by atoms with Gasteiger partial charge in [-0.25, -0.2) is 4.39 Å². The molecule has 0 bridgehead atoms. The average molecular weight is 237 g/mol. The lowest BCUT2D eigenvalue weighted by Gasteiger charge is -2.29. The van der Waals surface area contributed by atoms with Crippen molar-refractivity contribution in [1.29, 1.82) is 0 Å². The third-order valence-corrected chi connectivity index (χ3v) is 3.97. The maximum atomic E-state index is 14.1. The van der Waals surface area contributed by atoms with Crippen LogP contribution in [-0.2, 0) is 5.41 Å². The molecule has 3 rings (SSSR count). The summed E-state index contributed by atoms with van der Waals surface area (Å²) in [5.74, 6) is 0.986. The molecule has 0 aromatic heterocycles. The van der Waals surface area contributed by atoms with Gasteiger partial charge in [-0.05, 0) is 25.0 Å². The standard InChI is InChI=1S/C13H16FNO2/c14-9-3-4-10-12(17-8-16-10)11(9)13(7-15)5-1-2-6-13/h3-4H,1-2,5-8,15H2. The third-order valence-electron chi connectivity index (χ3n) is 3.97. The Morgan fingerprint density at radius 3 is 2.71 bits per heavy atom. The van der Waals surface area contributed by atoms with Crippen LogP contribution in [-0.4, -0.2) is 13.3 Å². The summed E-state index contributed by atoms with van der Waals surface area (Å²) in [6, 6.07) is 3.08. The van der Waals surface area contributed by atoms with Crippen molar-refractivity contribution in [2.45, 2.75) is 31.1 Å². The summed E-state index contributed by atoms with van der Waals surface area (Å²) >= 11 is 0. The molecule has 1 aliphatic heterocycles. The molecule has 3 nitrogen and oxygen atoms in total. The lowest BCUT2D eigenvalue weighted by atomic mass is 9.78. The number of halogens is 1. The Balaban J connectivity index is 2.16. The van der Waals surface area contributed by atoms with Crippen LogP contribution in [0.2, 0.25) is 0 Å². The van der Waals surface area contributed by atoms with E-state index in [1.54, 1.807) is 6.07 Å². The van der Waals surface area contributed by atoms with E-state index in [-0.39, 0.29) is 18.0 Å². The number of hydrogen-bond acceptors (Lipinski definition) is 3. The van der Waals surface area contributed by atoms with E-state index in [4.69, 9.17) is 15.2 Å². The first kappa shape index (κ1) is 10.8. The van der Waals surface area contributed by atoms with E-state index in [1.807, 2.05) is 0 Å². The highest BCUT2D eigenvalue weighted by atomic mass is 19.1. The van der Waals surface area contributed by atoms with Crippen molar-refractivity contribution in [1.82, 2.24) is 0 Å². The van der Waals surface area contributed by atoms with Crippen LogP contribution < -0.4 is 15.2 Å². The van der Waals surface area contributed by atoms with E-state index in [1.165, 1.54) is 6.07 Å². The van der Waals surface area contributed by atoms with Gasteiger partial charge in [0.25, 0.3) is 0 Å². The van der Waals surface area contributed by atoms with E-state index in [0.717, 1.165) is 25.7 Å². The molecule has 1 aliphatic carbocycles. The maximum absolute atomic E-state index is 14.1. The van der Waals surface area contributed by atoms with Gasteiger partial charge in [-0.15, -0.1) is 0 Å². The van der Waals surface area contributed by atoms with Crippen molar-refractivity contribution in [3.05, 3.63) is 23.5 Å². The molecule has 0 radical (unpaired) electrons. The van der Waals surface area contributed by atoms with Crippen molar-refractivity contribution < 1.29 is 13.9 Å². The van der Waals surface area contributed by atoms with Gasteiger partial charge in [0.05, 0.1) is 0 Å². The second-order valence-electron chi connectivity index (χ2n) is 4.85. The second-order valence-corrected chi connectivity index (χ2v) is 4.85. The topological polar surface area (TPSA) is 44.5 Å². The van der Waals surface area contributed by atoms with Gasteiger partial charge in [0.2, 0.25) is 6.79 Å². The van der Waals surface area contributed by atoms with E-state index < -0.39 is 0 Å². The van der Waals surface area contributed by atoms with Gasteiger partial charge >= 0.3 is 0 Å². The summed E-state index contributed by atoms with van der Waals surface area (Å²) in [5, 5.41) is 0. The number of fused-ring (bicyclic) bond motifs is 1. The highest BCUT2D eigenvalue weighted by molar-refractivity contribution is 5.52. The Kier molecular flexibility index (Phi) is 2.47. The minimum Gasteiger partial charge on any atom is -0.454 e. The van der Waals surface area contributed by atoms with Crippen LogP contribution in [0.5, 0.6) is 11.5 Å². The molecule has 4 heteroatoms. The number of nitrogens with two attached hydrogens (primary N) is 1. The van der Waals surface area contributed by atoms with Crippen LogP contribution in [0.4, 0.5) is 4.39 Å². The second kappa shape index (κ2) is 3.88. The molecule has 1 aromatic rings. The zero-order chi connectivity index (χ0) is 11.9. The predicted molar refractivity (Wildman–Crippen MR) is 61.7 cm³/mol. The Labute approximate surface area is 99.7 Å². The molecule has 0 spiro atoms. The highest BCUT2D eigenvalue weighted by Crippen LogP contribution is 2.49. The first-order valence-electron chi connectivity index (χ1n) is 6.05. The number of ether oxygens (including phenoxy) is 2. The third kappa shape index (κ3) is 1.51. The Morgan fingerprint density at radius 2 is 2.00 bits per heavy atom. The van der Waals surface area contributed by atoms with Crippen LogP contribution in [0.25, 0.3) is 0 Å². The summed E-state index contributed by atoms with van der Waals surface area (Å²) in [7, 11) is 0. The van der Waals surface area contributed by atoms with Crippen LogP contribution in [0.15, 0.2) is 12.1 Å². The van der Waals surface area contributed by atoms with E-state index >= 15 is 0 Å². The number of benzene rings is 1. The van der Waals surface area contributed by atoms with Gasteiger partial charge in [0.15, 0.2) is 11.5 Å². The molecule has 1 fully saturated rings. The molecular formula is C13H16FNO2. The quantitative estimate of drug-likeness (QED) is 0.858. The lowest BCUT2D eigenvalue weighted by Crippen LogP contribution is -2.33. The maximum Gasteiger partial charge on any atom is 0.231 e. The van der Waals surface area contributed by atoms with Crippen molar-refractivity contribution in [3.63, 3.8) is 0 Å². The first-order chi connectivity index (χ1) is 8.27. The summed E-state index contributed by atoms with van der Waals surface area (Å²) in [6.07, 6.45) is 4.06. The molecule has 2 aliphatic rings. The number of hydrogen-bond donors (Lipinski definition) is 1. The molecule has 0 unspecified atom stereocenters. The van der Waals surface area contributed by atoms with Crippen molar-refractivity contribution in [2.75, 3.05) is 13.3 Å². The molecule has 1 aromatic carbocycles. The Bertz CT molecular complexity index is 441. The fourth-order valence-electron chi connectivity index (χ4n) is 3.05. The van der Waals surface area contributed by atoms with Crippen LogP contribution in [0.3, 0.4) is 0 Å². The van der Waals surface area contributed by atoms with E-state index in [2.05, 4.69) is 0 Å². The molecule has 0 saturated heterocycles. The molecule has 1 saturated carbocycles. The van der Waals surface area contributed by atoms with E-state index in [0.29, 0.717) is 23.6 Å². The zero-order valence-electron chi connectivity index (χ0n) is 9.67. The SMILES string of the molecule is NCC1(c2c(F)ccc3c2OCO3)CCCC1. The van der Waals surface area contributed by atoms with Crippen LogP contribution >= 0.6 is 0 Å². The van der Waals surface area contributed by atoms with Crippen molar-refractivity contribution in [3.8, 4) is 11.5 Å². The Hall–Kier alpha value is -1.29. The van der Waals surface area contributed by atoms with Gasteiger partial charge in [-0.3, -0.25) is 0 Å². The smallest absolute Gasteiger partial charge is 0.231 e. The summed E-state index contributed by atoms with van der Waals surface area (Å²) in [5.41, 5.74) is 6.27. The van der Waals surface area contributed by atoms with Crippen molar-refractivity contribution >= 4 is 0 Å². The molecular weight excluding hydrogens is 221 g/mol. The molecule has 1 heterocycles. The van der Waals surface area contributed by atoms with Gasteiger partial charge in [0, 0.05) is 17.5 Å². The average Bonchev–Trinajstić information content (AvgIpc) is 2.97. The van der Waals surface area contributed by atoms with Gasteiger partial charge in [-0.2, -0.15) is 0 Å². The van der Waals surface area contributed by atoms with Crippen molar-refractivity contribution in [2.24, 2.45) is 5.73 Å². The molecule has 0 amide bonds. The fourth-order valence-corrected chi connectivity index (χ4v) is 3.05. The first-order valence-corrected chi connectivity index (χ1v) is 6.05. The van der Waals surface area contributed by atoms with E-state index in [9.17, 15) is 4.39 Å². The molecule has 0 atom stereocenters.